The minimum absolute atomic E-state index is 0.164. The lowest BCUT2D eigenvalue weighted by molar-refractivity contribution is 0.481. The minimum atomic E-state index is 0.164. The Bertz CT molecular complexity index is 714. The number of fused-ring (bicyclic) bond motifs is 3. The van der Waals surface area contributed by atoms with E-state index in [1.165, 1.54) is 0 Å². The van der Waals surface area contributed by atoms with Gasteiger partial charge in [-0.2, -0.15) is 0 Å². The zero-order chi connectivity index (χ0) is 15.3. The van der Waals surface area contributed by atoms with Crippen LogP contribution in [0.3, 0.4) is 0 Å². The van der Waals surface area contributed by atoms with Crippen molar-refractivity contribution in [2.75, 3.05) is 17.3 Å². The number of alkyl halides is 1. The van der Waals surface area contributed by atoms with Crippen molar-refractivity contribution >= 4 is 51.3 Å². The van der Waals surface area contributed by atoms with Crippen molar-refractivity contribution in [1.29, 1.82) is 0 Å². The molecule has 0 amide bonds. The van der Waals surface area contributed by atoms with E-state index in [-0.39, 0.29) is 11.7 Å². The van der Waals surface area contributed by atoms with Crippen LogP contribution in [-0.2, 0) is 0 Å². The van der Waals surface area contributed by atoms with Crippen molar-refractivity contribution in [2.24, 2.45) is 0 Å². The Labute approximate surface area is 139 Å². The summed E-state index contributed by atoms with van der Waals surface area (Å²) in [6.45, 7) is 5.08. The molecule has 0 radical (unpaired) electrons. The van der Waals surface area contributed by atoms with E-state index in [0.717, 1.165) is 23.2 Å². The van der Waals surface area contributed by atoms with Crippen LogP contribution >= 0.6 is 34.8 Å². The second kappa shape index (κ2) is 5.42. The van der Waals surface area contributed by atoms with Gasteiger partial charge < -0.3 is 10.0 Å². The van der Waals surface area contributed by atoms with E-state index in [0.29, 0.717) is 27.4 Å². The van der Waals surface area contributed by atoms with Gasteiger partial charge >= 0.3 is 0 Å². The lowest BCUT2D eigenvalue weighted by atomic mass is 9.95. The first kappa shape index (κ1) is 15.1. The SMILES string of the molecule is CC(C)N1CC(CCl)c2c1cc(O)c1c(Cl)ccc(Cl)c21. The van der Waals surface area contributed by atoms with Crippen LogP contribution < -0.4 is 4.90 Å². The van der Waals surface area contributed by atoms with E-state index in [1.54, 1.807) is 18.2 Å². The number of phenolic OH excluding ortho intramolecular Hbond substituents is 1. The third-order valence-corrected chi connectivity index (χ3v) is 5.13. The predicted octanol–water partition coefficient (Wildman–Crippen LogP) is 5.40. The van der Waals surface area contributed by atoms with Crippen molar-refractivity contribution < 1.29 is 5.11 Å². The minimum Gasteiger partial charge on any atom is -0.507 e. The molecule has 1 unspecified atom stereocenters. The summed E-state index contributed by atoms with van der Waals surface area (Å²) in [4.78, 5) is 2.25. The van der Waals surface area contributed by atoms with Crippen LogP contribution in [0.25, 0.3) is 10.8 Å². The number of phenols is 1. The molecule has 2 nitrogen and oxygen atoms in total. The molecular formula is C16H16Cl3NO. The first-order chi connectivity index (χ1) is 9.95. The fraction of sp³-hybridized carbons (Fsp3) is 0.375. The molecule has 0 saturated carbocycles. The third-order valence-electron chi connectivity index (χ3n) is 4.12. The summed E-state index contributed by atoms with van der Waals surface area (Å²) in [5.41, 5.74) is 2.10. The summed E-state index contributed by atoms with van der Waals surface area (Å²) in [5.74, 6) is 0.860. The molecule has 112 valence electrons. The number of hydrogen-bond donors (Lipinski definition) is 1. The first-order valence-corrected chi connectivity index (χ1v) is 8.21. The van der Waals surface area contributed by atoms with Gasteiger partial charge in [0.15, 0.2) is 0 Å². The smallest absolute Gasteiger partial charge is 0.127 e. The highest BCUT2D eigenvalue weighted by molar-refractivity contribution is 6.41. The maximum absolute atomic E-state index is 10.4. The summed E-state index contributed by atoms with van der Waals surface area (Å²) in [7, 11) is 0. The molecule has 2 aromatic rings. The maximum Gasteiger partial charge on any atom is 0.127 e. The second-order valence-electron chi connectivity index (χ2n) is 5.71. The van der Waals surface area contributed by atoms with Crippen molar-refractivity contribution in [1.82, 2.24) is 0 Å². The number of benzene rings is 2. The molecule has 0 fully saturated rings. The van der Waals surface area contributed by atoms with E-state index in [4.69, 9.17) is 34.8 Å². The Morgan fingerprint density at radius 2 is 1.86 bits per heavy atom. The molecule has 0 bridgehead atoms. The quantitative estimate of drug-likeness (QED) is 0.737. The number of anilines is 1. The predicted molar refractivity (Wildman–Crippen MR) is 91.6 cm³/mol. The van der Waals surface area contributed by atoms with Gasteiger partial charge in [-0.3, -0.25) is 0 Å². The fourth-order valence-corrected chi connectivity index (χ4v) is 3.93. The highest BCUT2D eigenvalue weighted by atomic mass is 35.5. The molecule has 1 aliphatic heterocycles. The van der Waals surface area contributed by atoms with E-state index in [1.807, 2.05) is 0 Å². The normalized spacial score (nSPS) is 17.8. The van der Waals surface area contributed by atoms with Crippen LogP contribution in [0, 0.1) is 0 Å². The number of rotatable bonds is 2. The molecule has 5 heteroatoms. The van der Waals surface area contributed by atoms with Gasteiger partial charge in [0.1, 0.15) is 5.75 Å². The van der Waals surface area contributed by atoms with Crippen LogP contribution in [0.1, 0.15) is 25.3 Å². The number of aromatic hydroxyl groups is 1. The molecular weight excluding hydrogens is 329 g/mol. The van der Waals surface area contributed by atoms with E-state index in [9.17, 15) is 5.11 Å². The first-order valence-electron chi connectivity index (χ1n) is 6.91. The van der Waals surface area contributed by atoms with Crippen molar-refractivity contribution in [2.45, 2.75) is 25.8 Å². The average Bonchev–Trinajstić information content (AvgIpc) is 2.80. The van der Waals surface area contributed by atoms with Crippen LogP contribution in [0.4, 0.5) is 5.69 Å². The molecule has 1 aliphatic rings. The van der Waals surface area contributed by atoms with Crippen molar-refractivity contribution in [3.63, 3.8) is 0 Å². The average molecular weight is 345 g/mol. The molecule has 1 heterocycles. The largest absolute Gasteiger partial charge is 0.507 e. The summed E-state index contributed by atoms with van der Waals surface area (Å²) < 4.78 is 0. The van der Waals surface area contributed by atoms with Gasteiger partial charge in [-0.05, 0) is 31.5 Å². The second-order valence-corrected chi connectivity index (χ2v) is 6.83. The molecule has 21 heavy (non-hydrogen) atoms. The molecule has 0 spiro atoms. The van der Waals surface area contributed by atoms with Crippen LogP contribution in [0.5, 0.6) is 5.75 Å². The maximum atomic E-state index is 10.4. The van der Waals surface area contributed by atoms with Gasteiger partial charge in [0.2, 0.25) is 0 Å². The number of halogens is 3. The van der Waals surface area contributed by atoms with Crippen LogP contribution in [-0.4, -0.2) is 23.6 Å². The monoisotopic (exact) mass is 343 g/mol. The fourth-order valence-electron chi connectivity index (χ4n) is 3.17. The van der Waals surface area contributed by atoms with Gasteiger partial charge in [0, 0.05) is 51.9 Å². The molecule has 1 atom stereocenters. The Morgan fingerprint density at radius 3 is 2.43 bits per heavy atom. The van der Waals surface area contributed by atoms with E-state index < -0.39 is 0 Å². The zero-order valence-electron chi connectivity index (χ0n) is 11.8. The van der Waals surface area contributed by atoms with E-state index >= 15 is 0 Å². The summed E-state index contributed by atoms with van der Waals surface area (Å²) in [5, 5.41) is 12.9. The Morgan fingerprint density at radius 1 is 1.24 bits per heavy atom. The molecule has 0 aromatic heterocycles. The highest BCUT2D eigenvalue weighted by Crippen LogP contribution is 2.49. The Balaban J connectivity index is 2.42. The van der Waals surface area contributed by atoms with Gasteiger partial charge in [0.05, 0.1) is 5.02 Å². The Kier molecular flexibility index (Phi) is 3.89. The topological polar surface area (TPSA) is 23.5 Å². The van der Waals surface area contributed by atoms with Crippen molar-refractivity contribution in [3.05, 3.63) is 33.8 Å². The standard InChI is InChI=1S/C16H16Cl3NO/c1-8(2)20-7-9(6-17)14-12(20)5-13(21)15-10(18)3-4-11(19)16(14)15/h3-5,8-9,21H,6-7H2,1-2H3. The van der Waals surface area contributed by atoms with E-state index in [2.05, 4.69) is 18.7 Å². The molecule has 3 rings (SSSR count). The molecule has 1 N–H and O–H groups in total. The number of hydrogen-bond acceptors (Lipinski definition) is 2. The number of nitrogens with zero attached hydrogens (tertiary/aromatic N) is 1. The lowest BCUT2D eigenvalue weighted by Crippen LogP contribution is -2.29. The van der Waals surface area contributed by atoms with Crippen LogP contribution in [0.2, 0.25) is 10.0 Å². The van der Waals surface area contributed by atoms with Gasteiger partial charge in [-0.15, -0.1) is 11.6 Å². The molecule has 2 aromatic carbocycles. The molecule has 0 saturated heterocycles. The summed E-state index contributed by atoms with van der Waals surface area (Å²) in [6.07, 6.45) is 0. The third kappa shape index (κ3) is 2.25. The lowest BCUT2D eigenvalue weighted by Gasteiger charge is -2.24. The highest BCUT2D eigenvalue weighted by Gasteiger charge is 2.33. The van der Waals surface area contributed by atoms with Gasteiger partial charge in [0.25, 0.3) is 0 Å². The zero-order valence-corrected chi connectivity index (χ0v) is 14.1. The van der Waals surface area contributed by atoms with Crippen LogP contribution in [0.15, 0.2) is 18.2 Å². The van der Waals surface area contributed by atoms with Gasteiger partial charge in [-0.25, -0.2) is 0 Å². The Hall–Kier alpha value is -0.830. The molecule has 0 aliphatic carbocycles. The summed E-state index contributed by atoms with van der Waals surface area (Å²) in [6, 6.07) is 5.59. The van der Waals surface area contributed by atoms with Crippen molar-refractivity contribution in [3.8, 4) is 5.75 Å². The van der Waals surface area contributed by atoms with Gasteiger partial charge in [-0.1, -0.05) is 23.2 Å². The summed E-state index contributed by atoms with van der Waals surface area (Å²) >= 11 is 18.8.